The maximum atomic E-state index is 11.5. The monoisotopic (exact) mass is 218 g/mol. The standard InChI is InChI=1S/C13H14O3/c1-10(12(14)15-2)13(8-16-9-13)11-6-4-3-5-7-11/h3-7H,1,8-9H2,2H3. The van der Waals surface area contributed by atoms with Crippen molar-refractivity contribution in [2.45, 2.75) is 5.41 Å². The van der Waals surface area contributed by atoms with Crippen molar-refractivity contribution < 1.29 is 14.3 Å². The molecule has 1 heterocycles. The van der Waals surface area contributed by atoms with E-state index in [9.17, 15) is 4.79 Å². The van der Waals surface area contributed by atoms with Gasteiger partial charge in [-0.2, -0.15) is 0 Å². The lowest BCUT2D eigenvalue weighted by Crippen LogP contribution is -2.50. The highest BCUT2D eigenvalue weighted by Gasteiger charge is 2.45. The molecule has 0 amide bonds. The molecule has 1 fully saturated rings. The lowest BCUT2D eigenvalue weighted by Gasteiger charge is -2.42. The number of hydrogen-bond acceptors (Lipinski definition) is 3. The minimum Gasteiger partial charge on any atom is -0.466 e. The Morgan fingerprint density at radius 1 is 1.38 bits per heavy atom. The number of carbonyl (C=O) groups is 1. The zero-order valence-electron chi connectivity index (χ0n) is 9.23. The van der Waals surface area contributed by atoms with Gasteiger partial charge in [0.25, 0.3) is 0 Å². The molecule has 1 saturated heterocycles. The molecule has 1 aromatic carbocycles. The molecule has 1 aliphatic heterocycles. The highest BCUT2D eigenvalue weighted by atomic mass is 16.5. The van der Waals surface area contributed by atoms with Crippen LogP contribution in [0.3, 0.4) is 0 Å². The van der Waals surface area contributed by atoms with Gasteiger partial charge >= 0.3 is 5.97 Å². The largest absolute Gasteiger partial charge is 0.466 e. The van der Waals surface area contributed by atoms with E-state index in [0.717, 1.165) is 5.56 Å². The lowest BCUT2D eigenvalue weighted by atomic mass is 9.73. The van der Waals surface area contributed by atoms with E-state index in [2.05, 4.69) is 6.58 Å². The van der Waals surface area contributed by atoms with Gasteiger partial charge in [0, 0.05) is 5.57 Å². The predicted molar refractivity (Wildman–Crippen MR) is 60.1 cm³/mol. The third-order valence-corrected chi connectivity index (χ3v) is 3.03. The minimum atomic E-state index is -0.394. The van der Waals surface area contributed by atoms with Gasteiger partial charge in [-0.05, 0) is 5.56 Å². The summed E-state index contributed by atoms with van der Waals surface area (Å²) in [6.45, 7) is 4.82. The lowest BCUT2D eigenvalue weighted by molar-refractivity contribution is -0.140. The van der Waals surface area contributed by atoms with E-state index in [1.54, 1.807) is 0 Å². The number of esters is 1. The van der Waals surface area contributed by atoms with Crippen LogP contribution in [-0.2, 0) is 19.7 Å². The molecule has 2 rings (SSSR count). The Hall–Kier alpha value is -1.61. The second-order valence-corrected chi connectivity index (χ2v) is 3.91. The van der Waals surface area contributed by atoms with Crippen LogP contribution in [0.25, 0.3) is 0 Å². The van der Waals surface area contributed by atoms with Crippen molar-refractivity contribution in [2.24, 2.45) is 0 Å². The van der Waals surface area contributed by atoms with E-state index >= 15 is 0 Å². The SMILES string of the molecule is C=C(C(=O)OC)C1(c2ccccc2)COC1. The molecule has 0 atom stereocenters. The van der Waals surface area contributed by atoms with Crippen molar-refractivity contribution in [1.82, 2.24) is 0 Å². The fourth-order valence-electron chi connectivity index (χ4n) is 1.90. The minimum absolute atomic E-state index is 0.368. The summed E-state index contributed by atoms with van der Waals surface area (Å²) in [5.74, 6) is -0.368. The molecule has 0 aliphatic carbocycles. The van der Waals surface area contributed by atoms with Crippen LogP contribution in [0.2, 0.25) is 0 Å². The van der Waals surface area contributed by atoms with Crippen LogP contribution in [0.4, 0.5) is 0 Å². The molecule has 0 unspecified atom stereocenters. The molecule has 84 valence electrons. The molecule has 3 heteroatoms. The Balaban J connectivity index is 2.34. The fourth-order valence-corrected chi connectivity index (χ4v) is 1.90. The Kier molecular flexibility index (Phi) is 2.79. The topological polar surface area (TPSA) is 35.5 Å². The Bertz CT molecular complexity index is 404. The van der Waals surface area contributed by atoms with E-state index in [1.807, 2.05) is 30.3 Å². The zero-order valence-corrected chi connectivity index (χ0v) is 9.23. The van der Waals surface area contributed by atoms with Crippen molar-refractivity contribution in [3.05, 3.63) is 48.0 Å². The van der Waals surface area contributed by atoms with Crippen molar-refractivity contribution in [1.29, 1.82) is 0 Å². The Labute approximate surface area is 94.7 Å². The van der Waals surface area contributed by atoms with Gasteiger partial charge in [0.05, 0.1) is 25.7 Å². The number of carbonyl (C=O) groups excluding carboxylic acids is 1. The number of ether oxygens (including phenoxy) is 2. The van der Waals surface area contributed by atoms with E-state index in [-0.39, 0.29) is 5.97 Å². The molecule has 3 nitrogen and oxygen atoms in total. The van der Waals surface area contributed by atoms with E-state index in [4.69, 9.17) is 9.47 Å². The number of rotatable bonds is 3. The summed E-state index contributed by atoms with van der Waals surface area (Å²) in [5, 5.41) is 0. The van der Waals surface area contributed by atoms with Crippen molar-refractivity contribution in [2.75, 3.05) is 20.3 Å². The smallest absolute Gasteiger partial charge is 0.334 e. The second-order valence-electron chi connectivity index (χ2n) is 3.91. The first-order valence-corrected chi connectivity index (χ1v) is 5.12. The quantitative estimate of drug-likeness (QED) is 0.572. The van der Waals surface area contributed by atoms with E-state index < -0.39 is 5.41 Å². The highest BCUT2D eigenvalue weighted by Crippen LogP contribution is 2.38. The number of benzene rings is 1. The summed E-state index contributed by atoms with van der Waals surface area (Å²) >= 11 is 0. The van der Waals surface area contributed by atoms with Gasteiger partial charge in [0.15, 0.2) is 0 Å². The van der Waals surface area contributed by atoms with Crippen LogP contribution in [0.5, 0.6) is 0 Å². The second kappa shape index (κ2) is 4.10. The van der Waals surface area contributed by atoms with E-state index in [0.29, 0.717) is 18.8 Å². The maximum Gasteiger partial charge on any atom is 0.334 e. The molecule has 0 N–H and O–H groups in total. The Morgan fingerprint density at radius 3 is 2.44 bits per heavy atom. The first kappa shape index (κ1) is 10.9. The van der Waals surface area contributed by atoms with Gasteiger partial charge in [-0.15, -0.1) is 0 Å². The van der Waals surface area contributed by atoms with Gasteiger partial charge in [0.1, 0.15) is 0 Å². The summed E-state index contributed by atoms with van der Waals surface area (Å²) in [5.41, 5.74) is 1.12. The molecule has 1 aliphatic rings. The molecule has 0 bridgehead atoms. The molecule has 0 saturated carbocycles. The zero-order chi connectivity index (χ0) is 11.6. The first-order chi connectivity index (χ1) is 7.70. The number of methoxy groups -OCH3 is 1. The molecule has 0 radical (unpaired) electrons. The summed E-state index contributed by atoms with van der Waals surface area (Å²) in [6, 6.07) is 9.80. The van der Waals surface area contributed by atoms with Crippen LogP contribution in [0, 0.1) is 0 Å². The molecular formula is C13H14O3. The Morgan fingerprint density at radius 2 is 2.00 bits per heavy atom. The van der Waals surface area contributed by atoms with Gasteiger partial charge in [0.2, 0.25) is 0 Å². The highest BCUT2D eigenvalue weighted by molar-refractivity contribution is 5.91. The molecule has 0 spiro atoms. The van der Waals surface area contributed by atoms with E-state index in [1.165, 1.54) is 7.11 Å². The van der Waals surface area contributed by atoms with Gasteiger partial charge in [-0.3, -0.25) is 0 Å². The van der Waals surface area contributed by atoms with Crippen molar-refractivity contribution in [3.63, 3.8) is 0 Å². The average Bonchev–Trinajstić information content (AvgIpc) is 2.28. The molecule has 16 heavy (non-hydrogen) atoms. The normalized spacial score (nSPS) is 17.3. The van der Waals surface area contributed by atoms with Crippen LogP contribution in [0.1, 0.15) is 5.56 Å². The van der Waals surface area contributed by atoms with Gasteiger partial charge in [-0.25, -0.2) is 4.79 Å². The summed E-state index contributed by atoms with van der Waals surface area (Å²) in [6.07, 6.45) is 0. The third-order valence-electron chi connectivity index (χ3n) is 3.03. The number of hydrogen-bond donors (Lipinski definition) is 0. The summed E-state index contributed by atoms with van der Waals surface area (Å²) in [7, 11) is 1.37. The van der Waals surface area contributed by atoms with Gasteiger partial charge in [-0.1, -0.05) is 36.9 Å². The predicted octanol–water partition coefficient (Wildman–Crippen LogP) is 1.68. The van der Waals surface area contributed by atoms with Crippen molar-refractivity contribution in [3.8, 4) is 0 Å². The fraction of sp³-hybridized carbons (Fsp3) is 0.308. The first-order valence-electron chi connectivity index (χ1n) is 5.12. The van der Waals surface area contributed by atoms with Crippen LogP contribution < -0.4 is 0 Å². The average molecular weight is 218 g/mol. The van der Waals surface area contributed by atoms with Crippen LogP contribution >= 0.6 is 0 Å². The van der Waals surface area contributed by atoms with Crippen LogP contribution in [0.15, 0.2) is 42.5 Å². The maximum absolute atomic E-state index is 11.5. The molecular weight excluding hydrogens is 204 g/mol. The molecule has 1 aromatic rings. The summed E-state index contributed by atoms with van der Waals surface area (Å²) in [4.78, 5) is 11.5. The van der Waals surface area contributed by atoms with Crippen molar-refractivity contribution >= 4 is 5.97 Å². The van der Waals surface area contributed by atoms with Gasteiger partial charge < -0.3 is 9.47 Å². The third kappa shape index (κ3) is 1.53. The molecule has 0 aromatic heterocycles. The van der Waals surface area contributed by atoms with Crippen LogP contribution in [-0.4, -0.2) is 26.3 Å². The summed E-state index contributed by atoms with van der Waals surface area (Å²) < 4.78 is 9.96.